The van der Waals surface area contributed by atoms with Crippen molar-refractivity contribution in [2.75, 3.05) is 31.0 Å². The van der Waals surface area contributed by atoms with Crippen molar-refractivity contribution >= 4 is 32.4 Å². The molecule has 3 aromatic rings. The molecule has 0 spiro atoms. The van der Waals surface area contributed by atoms with Gasteiger partial charge in [0.05, 0.1) is 23.8 Å². The molecular weight excluding hydrogens is 416 g/mol. The molecule has 4 rings (SSSR count). The van der Waals surface area contributed by atoms with Gasteiger partial charge in [0, 0.05) is 18.5 Å². The SMILES string of the molecule is C[C@@H](Oc1ccc(S(=O)(=O)Nc2cccc3ccccc23)cc1)C(=O)N1CCOCC1. The van der Waals surface area contributed by atoms with Crippen LogP contribution in [0.4, 0.5) is 5.69 Å². The number of rotatable bonds is 6. The first-order valence-electron chi connectivity index (χ1n) is 10.1. The van der Waals surface area contributed by atoms with Crippen molar-refractivity contribution in [3.8, 4) is 5.75 Å². The fraction of sp³-hybridized carbons (Fsp3) is 0.261. The zero-order chi connectivity index (χ0) is 21.8. The zero-order valence-corrected chi connectivity index (χ0v) is 18.0. The van der Waals surface area contributed by atoms with Crippen LogP contribution >= 0.6 is 0 Å². The quantitative estimate of drug-likeness (QED) is 0.636. The lowest BCUT2D eigenvalue weighted by Gasteiger charge is -2.29. The number of hydrogen-bond donors (Lipinski definition) is 1. The summed E-state index contributed by atoms with van der Waals surface area (Å²) in [4.78, 5) is 14.3. The summed E-state index contributed by atoms with van der Waals surface area (Å²) in [5, 5.41) is 1.77. The number of hydrogen-bond acceptors (Lipinski definition) is 5. The van der Waals surface area contributed by atoms with Crippen LogP contribution in [-0.2, 0) is 19.6 Å². The van der Waals surface area contributed by atoms with Gasteiger partial charge in [0.25, 0.3) is 15.9 Å². The summed E-state index contributed by atoms with van der Waals surface area (Å²) in [6, 6.07) is 19.1. The number of fused-ring (bicyclic) bond motifs is 1. The minimum atomic E-state index is -3.78. The maximum atomic E-state index is 12.9. The van der Waals surface area contributed by atoms with Gasteiger partial charge in [0.1, 0.15) is 5.75 Å². The number of morpholine rings is 1. The Morgan fingerprint density at radius 3 is 2.42 bits per heavy atom. The average Bonchev–Trinajstić information content (AvgIpc) is 2.79. The molecule has 1 amide bonds. The van der Waals surface area contributed by atoms with Crippen LogP contribution in [0.1, 0.15) is 6.92 Å². The van der Waals surface area contributed by atoms with Crippen molar-refractivity contribution in [2.24, 2.45) is 0 Å². The lowest BCUT2D eigenvalue weighted by Crippen LogP contribution is -2.46. The van der Waals surface area contributed by atoms with E-state index in [0.29, 0.717) is 37.7 Å². The second-order valence-corrected chi connectivity index (χ2v) is 8.98. The molecule has 0 aliphatic carbocycles. The van der Waals surface area contributed by atoms with Crippen molar-refractivity contribution in [3.05, 3.63) is 66.7 Å². The molecule has 1 saturated heterocycles. The lowest BCUT2D eigenvalue weighted by atomic mass is 10.1. The predicted molar refractivity (Wildman–Crippen MR) is 119 cm³/mol. The molecule has 1 aliphatic heterocycles. The molecule has 3 aromatic carbocycles. The normalized spacial score (nSPS) is 15.5. The van der Waals surface area contributed by atoms with Gasteiger partial charge in [-0.25, -0.2) is 8.42 Å². The van der Waals surface area contributed by atoms with E-state index in [2.05, 4.69) is 4.72 Å². The van der Waals surface area contributed by atoms with Gasteiger partial charge >= 0.3 is 0 Å². The van der Waals surface area contributed by atoms with Crippen LogP contribution in [0, 0.1) is 0 Å². The maximum absolute atomic E-state index is 12.9. The van der Waals surface area contributed by atoms with E-state index in [9.17, 15) is 13.2 Å². The van der Waals surface area contributed by atoms with Gasteiger partial charge in [-0.15, -0.1) is 0 Å². The molecule has 162 valence electrons. The molecule has 0 saturated carbocycles. The molecule has 7 nitrogen and oxygen atoms in total. The van der Waals surface area contributed by atoms with E-state index in [0.717, 1.165) is 10.8 Å². The number of anilines is 1. The van der Waals surface area contributed by atoms with Gasteiger partial charge in [-0.05, 0) is 42.6 Å². The molecule has 0 aromatic heterocycles. The van der Waals surface area contributed by atoms with Crippen LogP contribution in [0.25, 0.3) is 10.8 Å². The summed E-state index contributed by atoms with van der Waals surface area (Å²) in [5.41, 5.74) is 0.517. The Kier molecular flexibility index (Phi) is 6.11. The third-order valence-corrected chi connectivity index (χ3v) is 6.53. The number of ether oxygens (including phenoxy) is 2. The van der Waals surface area contributed by atoms with Gasteiger partial charge in [-0.2, -0.15) is 0 Å². The fourth-order valence-corrected chi connectivity index (χ4v) is 4.59. The van der Waals surface area contributed by atoms with E-state index in [1.807, 2.05) is 36.4 Å². The summed E-state index contributed by atoms with van der Waals surface area (Å²) >= 11 is 0. The van der Waals surface area contributed by atoms with Crippen molar-refractivity contribution in [2.45, 2.75) is 17.9 Å². The van der Waals surface area contributed by atoms with Crippen molar-refractivity contribution < 1.29 is 22.7 Å². The highest BCUT2D eigenvalue weighted by Gasteiger charge is 2.24. The van der Waals surface area contributed by atoms with Crippen molar-refractivity contribution in [1.82, 2.24) is 4.90 Å². The molecule has 31 heavy (non-hydrogen) atoms. The van der Waals surface area contributed by atoms with Crippen molar-refractivity contribution in [1.29, 1.82) is 0 Å². The number of carbonyl (C=O) groups excluding carboxylic acids is 1. The number of nitrogens with one attached hydrogen (secondary N) is 1. The van der Waals surface area contributed by atoms with Crippen LogP contribution < -0.4 is 9.46 Å². The molecule has 0 radical (unpaired) electrons. The minimum Gasteiger partial charge on any atom is -0.481 e. The van der Waals surface area contributed by atoms with E-state index in [4.69, 9.17) is 9.47 Å². The maximum Gasteiger partial charge on any atom is 0.263 e. The number of benzene rings is 3. The van der Waals surface area contributed by atoms with E-state index in [1.54, 1.807) is 30.0 Å². The average molecular weight is 441 g/mol. The zero-order valence-electron chi connectivity index (χ0n) is 17.2. The molecule has 1 heterocycles. The molecule has 1 fully saturated rings. The predicted octanol–water partition coefficient (Wildman–Crippen LogP) is 3.27. The van der Waals surface area contributed by atoms with Crippen molar-refractivity contribution in [3.63, 3.8) is 0 Å². The Morgan fingerprint density at radius 2 is 1.68 bits per heavy atom. The summed E-state index contributed by atoms with van der Waals surface area (Å²) < 4.78 is 39.4. The highest BCUT2D eigenvalue weighted by Crippen LogP contribution is 2.26. The topological polar surface area (TPSA) is 84.9 Å². The molecule has 0 bridgehead atoms. The van der Waals surface area contributed by atoms with Gasteiger partial charge in [0.15, 0.2) is 6.10 Å². The summed E-state index contributed by atoms with van der Waals surface area (Å²) in [6.07, 6.45) is -0.672. The molecule has 1 atom stereocenters. The van der Waals surface area contributed by atoms with Crippen LogP contribution in [0.3, 0.4) is 0 Å². The van der Waals surface area contributed by atoms with E-state index in [1.165, 1.54) is 12.1 Å². The number of sulfonamides is 1. The fourth-order valence-electron chi connectivity index (χ4n) is 3.51. The third-order valence-electron chi connectivity index (χ3n) is 5.15. The summed E-state index contributed by atoms with van der Waals surface area (Å²) in [7, 11) is -3.78. The standard InChI is InChI=1S/C23H24N2O5S/c1-17(23(26)25-13-15-29-16-14-25)30-19-9-11-20(12-10-19)31(27,28)24-22-8-4-6-18-5-2-3-7-21(18)22/h2-12,17,24H,13-16H2,1H3/t17-/m1/s1. The van der Waals surface area contributed by atoms with Gasteiger partial charge < -0.3 is 14.4 Å². The number of carbonyl (C=O) groups is 1. The largest absolute Gasteiger partial charge is 0.481 e. The Labute approximate surface area is 181 Å². The van der Waals surface area contributed by atoms with Gasteiger partial charge in [-0.1, -0.05) is 36.4 Å². The number of nitrogens with zero attached hydrogens (tertiary/aromatic N) is 1. The van der Waals surface area contributed by atoms with Crippen LogP contribution in [0.2, 0.25) is 0 Å². The highest BCUT2D eigenvalue weighted by molar-refractivity contribution is 7.92. The summed E-state index contributed by atoms with van der Waals surface area (Å²) in [5.74, 6) is 0.316. The van der Waals surface area contributed by atoms with Gasteiger partial charge in [-0.3, -0.25) is 9.52 Å². The lowest BCUT2D eigenvalue weighted by molar-refractivity contribution is -0.142. The van der Waals surface area contributed by atoms with Gasteiger partial charge in [0.2, 0.25) is 0 Å². The Hall–Kier alpha value is -3.10. The first-order chi connectivity index (χ1) is 14.9. The molecular formula is C23H24N2O5S. The second kappa shape index (κ2) is 8.95. The smallest absolute Gasteiger partial charge is 0.263 e. The summed E-state index contributed by atoms with van der Waals surface area (Å²) in [6.45, 7) is 3.82. The minimum absolute atomic E-state index is 0.111. The highest BCUT2D eigenvalue weighted by atomic mass is 32.2. The Balaban J connectivity index is 1.46. The third kappa shape index (κ3) is 4.81. The molecule has 8 heteroatoms. The first-order valence-corrected chi connectivity index (χ1v) is 11.6. The van der Waals surface area contributed by atoms with Crippen LogP contribution in [-0.4, -0.2) is 51.6 Å². The number of amides is 1. The second-order valence-electron chi connectivity index (χ2n) is 7.30. The molecule has 1 N–H and O–H groups in total. The Bertz CT molecular complexity index is 1170. The molecule has 1 aliphatic rings. The van der Waals surface area contributed by atoms with E-state index >= 15 is 0 Å². The van der Waals surface area contributed by atoms with Crippen LogP contribution in [0.15, 0.2) is 71.6 Å². The monoisotopic (exact) mass is 440 g/mol. The van der Waals surface area contributed by atoms with E-state index < -0.39 is 16.1 Å². The first kappa shape index (κ1) is 21.1. The molecule has 0 unspecified atom stereocenters. The van der Waals surface area contributed by atoms with Crippen LogP contribution in [0.5, 0.6) is 5.75 Å². The van der Waals surface area contributed by atoms with E-state index in [-0.39, 0.29) is 10.8 Å². The Morgan fingerprint density at radius 1 is 1.00 bits per heavy atom.